The van der Waals surface area contributed by atoms with Crippen LogP contribution in [0.4, 0.5) is 0 Å². The van der Waals surface area contributed by atoms with E-state index in [1.54, 1.807) is 5.56 Å². The van der Waals surface area contributed by atoms with Crippen molar-refractivity contribution in [1.29, 1.82) is 0 Å². The lowest BCUT2D eigenvalue weighted by molar-refractivity contribution is -0.159. The van der Waals surface area contributed by atoms with E-state index in [9.17, 15) is 0 Å². The topological polar surface area (TPSA) is 18.5 Å². The maximum absolute atomic E-state index is 5.82. The Bertz CT molecular complexity index is 587. The molecule has 1 aliphatic heterocycles. The third kappa shape index (κ3) is 3.85. The second-order valence-electron chi connectivity index (χ2n) is 8.17. The van der Waals surface area contributed by atoms with Crippen LogP contribution in [0.25, 0.3) is 5.57 Å². The highest BCUT2D eigenvalue weighted by Crippen LogP contribution is 2.40. The molecule has 25 heavy (non-hydrogen) atoms. The van der Waals surface area contributed by atoms with Crippen LogP contribution in [0.1, 0.15) is 81.8 Å². The van der Waals surface area contributed by atoms with E-state index in [2.05, 4.69) is 37.3 Å². The highest BCUT2D eigenvalue weighted by molar-refractivity contribution is 5.66. The Morgan fingerprint density at radius 2 is 1.72 bits per heavy atom. The third-order valence-electron chi connectivity index (χ3n) is 6.54. The van der Waals surface area contributed by atoms with Crippen molar-refractivity contribution in [3.05, 3.63) is 41.5 Å². The minimum Gasteiger partial charge on any atom is -0.347 e. The zero-order valence-corrected chi connectivity index (χ0v) is 15.6. The molecule has 0 atom stereocenters. The Kier molecular flexibility index (Phi) is 5.28. The van der Waals surface area contributed by atoms with Crippen molar-refractivity contribution in [3.63, 3.8) is 0 Å². The van der Waals surface area contributed by atoms with Gasteiger partial charge in [-0.05, 0) is 60.6 Å². The molecule has 2 heteroatoms. The van der Waals surface area contributed by atoms with Crippen LogP contribution < -0.4 is 0 Å². The van der Waals surface area contributed by atoms with Crippen LogP contribution >= 0.6 is 0 Å². The Morgan fingerprint density at radius 3 is 2.32 bits per heavy atom. The Balaban J connectivity index is 1.37. The van der Waals surface area contributed by atoms with E-state index >= 15 is 0 Å². The lowest BCUT2D eigenvalue weighted by Crippen LogP contribution is -2.31. The molecule has 0 aromatic heterocycles. The normalized spacial score (nSPS) is 28.9. The van der Waals surface area contributed by atoms with Gasteiger partial charge in [-0.25, -0.2) is 0 Å². The molecule has 3 aliphatic rings. The van der Waals surface area contributed by atoms with Gasteiger partial charge in [0.25, 0.3) is 0 Å². The number of hydrogen-bond donors (Lipinski definition) is 0. The summed E-state index contributed by atoms with van der Waals surface area (Å²) in [7, 11) is 0. The quantitative estimate of drug-likeness (QED) is 0.662. The molecule has 0 radical (unpaired) electrons. The van der Waals surface area contributed by atoms with Gasteiger partial charge in [0, 0.05) is 12.8 Å². The van der Waals surface area contributed by atoms with Crippen molar-refractivity contribution < 1.29 is 9.47 Å². The van der Waals surface area contributed by atoms with Gasteiger partial charge in [-0.1, -0.05) is 50.1 Å². The Morgan fingerprint density at radius 1 is 1.00 bits per heavy atom. The molecule has 0 bridgehead atoms. The van der Waals surface area contributed by atoms with E-state index in [1.807, 2.05) is 0 Å². The summed E-state index contributed by atoms with van der Waals surface area (Å²) in [5, 5.41) is 0. The summed E-state index contributed by atoms with van der Waals surface area (Å²) in [6.45, 7) is 3.81. The van der Waals surface area contributed by atoms with Crippen LogP contribution in [-0.2, 0) is 9.47 Å². The number of allylic oxidation sites excluding steroid dienone is 1. The fourth-order valence-corrected chi connectivity index (χ4v) is 4.99. The van der Waals surface area contributed by atoms with E-state index in [-0.39, 0.29) is 5.79 Å². The number of ether oxygens (including phenoxy) is 2. The highest BCUT2D eigenvalue weighted by atomic mass is 16.7. The average molecular weight is 341 g/mol. The summed E-state index contributed by atoms with van der Waals surface area (Å²) in [6.07, 6.45) is 13.6. The lowest BCUT2D eigenvalue weighted by Gasteiger charge is -2.31. The largest absolute Gasteiger partial charge is 0.347 e. The predicted molar refractivity (Wildman–Crippen MR) is 103 cm³/mol. The van der Waals surface area contributed by atoms with Crippen molar-refractivity contribution in [2.24, 2.45) is 5.92 Å². The molecule has 136 valence electrons. The van der Waals surface area contributed by atoms with E-state index in [1.165, 1.54) is 49.7 Å². The first-order valence-corrected chi connectivity index (χ1v) is 10.4. The first-order valence-electron chi connectivity index (χ1n) is 10.4. The molecule has 1 aromatic rings. The first-order chi connectivity index (χ1) is 12.3. The fraction of sp³-hybridized carbons (Fsp3) is 0.652. The van der Waals surface area contributed by atoms with E-state index in [4.69, 9.17) is 9.47 Å². The Hall–Kier alpha value is -1.12. The third-order valence-corrected chi connectivity index (χ3v) is 6.54. The molecule has 2 fully saturated rings. The summed E-state index contributed by atoms with van der Waals surface area (Å²) >= 11 is 0. The second kappa shape index (κ2) is 7.63. The van der Waals surface area contributed by atoms with Crippen LogP contribution in [0.3, 0.4) is 0 Å². The zero-order valence-electron chi connectivity index (χ0n) is 15.6. The standard InChI is InChI=1S/C23H32O2/c1-2-3-18-4-6-19(7-5-18)20-8-10-21(11-9-20)22-12-14-23(15-13-22)24-16-17-25-23/h8-12,18-19H,2-7,13-17H2,1H3. The summed E-state index contributed by atoms with van der Waals surface area (Å²) in [5.74, 6) is 1.46. The highest BCUT2D eigenvalue weighted by Gasteiger charge is 2.37. The van der Waals surface area contributed by atoms with Gasteiger partial charge in [0.15, 0.2) is 5.79 Å². The SMILES string of the molecule is CCCC1CCC(c2ccc(C3=CCC4(CC3)OCCO4)cc2)CC1. The maximum atomic E-state index is 5.82. The van der Waals surface area contributed by atoms with Crippen LogP contribution in [0, 0.1) is 5.92 Å². The van der Waals surface area contributed by atoms with Gasteiger partial charge in [-0.3, -0.25) is 0 Å². The molecule has 1 heterocycles. The number of benzene rings is 1. The summed E-state index contributed by atoms with van der Waals surface area (Å²) in [5.41, 5.74) is 4.40. The lowest BCUT2D eigenvalue weighted by atomic mass is 9.77. The van der Waals surface area contributed by atoms with Gasteiger partial charge in [0.1, 0.15) is 0 Å². The monoisotopic (exact) mass is 340 g/mol. The van der Waals surface area contributed by atoms with Crippen LogP contribution in [0.5, 0.6) is 0 Å². The van der Waals surface area contributed by atoms with Crippen LogP contribution in [0.15, 0.2) is 30.3 Å². The first kappa shape index (κ1) is 17.3. The van der Waals surface area contributed by atoms with Crippen molar-refractivity contribution in [3.8, 4) is 0 Å². The molecule has 2 aliphatic carbocycles. The summed E-state index contributed by atoms with van der Waals surface area (Å²) in [6, 6.07) is 9.45. The van der Waals surface area contributed by atoms with Gasteiger partial charge in [0.05, 0.1) is 13.2 Å². The van der Waals surface area contributed by atoms with Gasteiger partial charge in [-0.2, -0.15) is 0 Å². The summed E-state index contributed by atoms with van der Waals surface area (Å²) in [4.78, 5) is 0. The van der Waals surface area contributed by atoms with Gasteiger partial charge in [0.2, 0.25) is 0 Å². The Labute approximate surface area is 152 Å². The minimum atomic E-state index is -0.305. The second-order valence-corrected chi connectivity index (χ2v) is 8.17. The molecule has 1 aromatic carbocycles. The molecule has 2 nitrogen and oxygen atoms in total. The molecule has 0 amide bonds. The number of hydrogen-bond acceptors (Lipinski definition) is 2. The molecular weight excluding hydrogens is 308 g/mol. The van der Waals surface area contributed by atoms with E-state index in [0.29, 0.717) is 0 Å². The van der Waals surface area contributed by atoms with Crippen molar-refractivity contribution in [1.82, 2.24) is 0 Å². The van der Waals surface area contributed by atoms with Crippen molar-refractivity contribution in [2.45, 2.75) is 76.4 Å². The molecule has 0 unspecified atom stereocenters. The minimum absolute atomic E-state index is 0.305. The van der Waals surface area contributed by atoms with E-state index < -0.39 is 0 Å². The molecular formula is C23H32O2. The van der Waals surface area contributed by atoms with Gasteiger partial charge in [-0.15, -0.1) is 0 Å². The van der Waals surface area contributed by atoms with Gasteiger partial charge < -0.3 is 9.47 Å². The maximum Gasteiger partial charge on any atom is 0.172 e. The zero-order chi connectivity index (χ0) is 17.1. The summed E-state index contributed by atoms with van der Waals surface area (Å²) < 4.78 is 11.6. The molecule has 1 saturated carbocycles. The van der Waals surface area contributed by atoms with Crippen LogP contribution in [-0.4, -0.2) is 19.0 Å². The fourth-order valence-electron chi connectivity index (χ4n) is 4.99. The molecule has 0 N–H and O–H groups in total. The van der Waals surface area contributed by atoms with Crippen molar-refractivity contribution in [2.75, 3.05) is 13.2 Å². The number of rotatable bonds is 4. The molecule has 1 saturated heterocycles. The van der Waals surface area contributed by atoms with Crippen molar-refractivity contribution >= 4 is 5.57 Å². The predicted octanol–water partition coefficient (Wildman–Crippen LogP) is 6.07. The molecule has 1 spiro atoms. The van der Waals surface area contributed by atoms with Crippen LogP contribution in [0.2, 0.25) is 0 Å². The van der Waals surface area contributed by atoms with E-state index in [0.717, 1.165) is 44.3 Å². The molecule has 4 rings (SSSR count). The average Bonchev–Trinajstić information content (AvgIpc) is 3.12. The smallest absolute Gasteiger partial charge is 0.172 e. The van der Waals surface area contributed by atoms with Gasteiger partial charge >= 0.3 is 0 Å².